The normalized spacial score (nSPS) is 9.88. The Morgan fingerprint density at radius 1 is 1.24 bits per heavy atom. The van der Waals surface area contributed by atoms with Crippen LogP contribution < -0.4 is 11.1 Å². The predicted octanol–water partition coefficient (Wildman–Crippen LogP) is 1.84. The van der Waals surface area contributed by atoms with Crippen molar-refractivity contribution in [2.45, 2.75) is 6.42 Å². The highest BCUT2D eigenvalue weighted by molar-refractivity contribution is 5.92. The maximum Gasteiger partial charge on any atom is 0.228 e. The maximum atomic E-state index is 11.7. The molecule has 0 aliphatic carbocycles. The lowest BCUT2D eigenvalue weighted by atomic mass is 10.1. The van der Waals surface area contributed by atoms with E-state index < -0.39 is 0 Å². The van der Waals surface area contributed by atoms with Gasteiger partial charge in [-0.05, 0) is 29.8 Å². The number of carbonyl (C=O) groups excluding carboxylic acids is 1. The Bertz CT molecular complexity index is 511. The van der Waals surface area contributed by atoms with Crippen LogP contribution in [0.25, 0.3) is 0 Å². The maximum absolute atomic E-state index is 11.7. The molecule has 0 saturated carbocycles. The third-order valence-corrected chi connectivity index (χ3v) is 2.28. The zero-order chi connectivity index (χ0) is 12.1. The highest BCUT2D eigenvalue weighted by atomic mass is 16.1. The molecule has 86 valence electrons. The van der Waals surface area contributed by atoms with Crippen LogP contribution in [0.2, 0.25) is 0 Å². The van der Waals surface area contributed by atoms with Crippen molar-refractivity contribution in [3.05, 3.63) is 54.4 Å². The lowest BCUT2D eigenvalue weighted by Crippen LogP contribution is -2.14. The van der Waals surface area contributed by atoms with Crippen molar-refractivity contribution in [1.82, 2.24) is 4.98 Å². The van der Waals surface area contributed by atoms with Gasteiger partial charge in [0.15, 0.2) is 0 Å². The van der Waals surface area contributed by atoms with Crippen molar-refractivity contribution in [2.75, 3.05) is 11.1 Å². The van der Waals surface area contributed by atoms with Gasteiger partial charge < -0.3 is 11.1 Å². The van der Waals surface area contributed by atoms with Gasteiger partial charge in [0.1, 0.15) is 0 Å². The lowest BCUT2D eigenvalue weighted by Gasteiger charge is -2.05. The van der Waals surface area contributed by atoms with Crippen LogP contribution in [0.15, 0.2) is 48.8 Å². The Kier molecular flexibility index (Phi) is 3.35. The summed E-state index contributed by atoms with van der Waals surface area (Å²) in [6.45, 7) is 0. The fourth-order valence-corrected chi connectivity index (χ4v) is 1.53. The molecular weight excluding hydrogens is 214 g/mol. The van der Waals surface area contributed by atoms with Crippen molar-refractivity contribution in [2.24, 2.45) is 0 Å². The molecule has 4 heteroatoms. The number of nitrogens with two attached hydrogens (primary N) is 1. The van der Waals surface area contributed by atoms with E-state index in [1.54, 1.807) is 36.7 Å². The number of anilines is 2. The van der Waals surface area contributed by atoms with E-state index in [9.17, 15) is 4.79 Å². The van der Waals surface area contributed by atoms with Gasteiger partial charge in [-0.1, -0.05) is 12.1 Å². The second-order valence-corrected chi connectivity index (χ2v) is 3.71. The first-order valence-corrected chi connectivity index (χ1v) is 5.28. The van der Waals surface area contributed by atoms with Gasteiger partial charge in [-0.15, -0.1) is 0 Å². The lowest BCUT2D eigenvalue weighted by molar-refractivity contribution is -0.115. The number of rotatable bonds is 3. The second kappa shape index (κ2) is 5.12. The smallest absolute Gasteiger partial charge is 0.228 e. The molecule has 0 fully saturated rings. The SMILES string of the molecule is Nc1cccc(CC(=O)Nc2ccncc2)c1. The molecule has 0 atom stereocenters. The van der Waals surface area contributed by atoms with Crippen molar-refractivity contribution >= 4 is 17.3 Å². The molecule has 0 spiro atoms. The number of carbonyl (C=O) groups is 1. The van der Waals surface area contributed by atoms with Crippen molar-refractivity contribution < 1.29 is 4.79 Å². The number of aromatic nitrogens is 1. The molecule has 1 aromatic heterocycles. The van der Waals surface area contributed by atoms with Crippen LogP contribution >= 0.6 is 0 Å². The zero-order valence-corrected chi connectivity index (χ0v) is 9.26. The topological polar surface area (TPSA) is 68.0 Å². The summed E-state index contributed by atoms with van der Waals surface area (Å²) in [6.07, 6.45) is 3.58. The summed E-state index contributed by atoms with van der Waals surface area (Å²) in [5, 5.41) is 2.79. The number of hydrogen-bond acceptors (Lipinski definition) is 3. The van der Waals surface area contributed by atoms with Gasteiger partial charge in [-0.25, -0.2) is 0 Å². The number of nitrogens with zero attached hydrogens (tertiary/aromatic N) is 1. The largest absolute Gasteiger partial charge is 0.399 e. The average molecular weight is 227 g/mol. The molecule has 2 rings (SSSR count). The monoisotopic (exact) mass is 227 g/mol. The minimum Gasteiger partial charge on any atom is -0.399 e. The Labute approximate surface area is 99.5 Å². The van der Waals surface area contributed by atoms with Gasteiger partial charge in [0.05, 0.1) is 6.42 Å². The van der Waals surface area contributed by atoms with E-state index in [4.69, 9.17) is 5.73 Å². The zero-order valence-electron chi connectivity index (χ0n) is 9.26. The molecule has 2 aromatic rings. The predicted molar refractivity (Wildman–Crippen MR) is 67.4 cm³/mol. The molecule has 0 unspecified atom stereocenters. The van der Waals surface area contributed by atoms with Gasteiger partial charge in [-0.2, -0.15) is 0 Å². The third kappa shape index (κ3) is 3.31. The van der Waals surface area contributed by atoms with Crippen LogP contribution in [0, 0.1) is 0 Å². The van der Waals surface area contributed by atoms with Crippen molar-refractivity contribution in [3.8, 4) is 0 Å². The fourth-order valence-electron chi connectivity index (χ4n) is 1.53. The summed E-state index contributed by atoms with van der Waals surface area (Å²) in [5.74, 6) is -0.0678. The highest BCUT2D eigenvalue weighted by Gasteiger charge is 2.03. The first-order valence-electron chi connectivity index (χ1n) is 5.28. The van der Waals surface area contributed by atoms with E-state index >= 15 is 0 Å². The molecule has 3 N–H and O–H groups in total. The molecule has 0 aliphatic rings. The van der Waals surface area contributed by atoms with E-state index in [1.807, 2.05) is 12.1 Å². The molecule has 17 heavy (non-hydrogen) atoms. The fraction of sp³-hybridized carbons (Fsp3) is 0.0769. The summed E-state index contributed by atoms with van der Waals surface area (Å²) in [5.41, 5.74) is 7.96. The Hall–Kier alpha value is -2.36. The molecule has 1 aromatic carbocycles. The number of hydrogen-bond donors (Lipinski definition) is 2. The molecular formula is C13H13N3O. The van der Waals surface area contributed by atoms with Gasteiger partial charge in [0.2, 0.25) is 5.91 Å². The number of pyridine rings is 1. The van der Waals surface area contributed by atoms with E-state index in [0.717, 1.165) is 11.3 Å². The van der Waals surface area contributed by atoms with Gasteiger partial charge in [0, 0.05) is 23.8 Å². The van der Waals surface area contributed by atoms with E-state index in [0.29, 0.717) is 12.1 Å². The Morgan fingerprint density at radius 3 is 2.71 bits per heavy atom. The molecule has 0 radical (unpaired) electrons. The summed E-state index contributed by atoms with van der Waals surface area (Å²) >= 11 is 0. The van der Waals surface area contributed by atoms with Crippen molar-refractivity contribution in [1.29, 1.82) is 0 Å². The van der Waals surface area contributed by atoms with Crippen LogP contribution in [0.4, 0.5) is 11.4 Å². The Morgan fingerprint density at radius 2 is 2.00 bits per heavy atom. The molecule has 1 amide bonds. The van der Waals surface area contributed by atoms with Crippen LogP contribution in [0.3, 0.4) is 0 Å². The van der Waals surface area contributed by atoms with Crippen LogP contribution in [0.1, 0.15) is 5.56 Å². The average Bonchev–Trinajstić information content (AvgIpc) is 2.30. The molecule has 1 heterocycles. The quantitative estimate of drug-likeness (QED) is 0.786. The number of amides is 1. The van der Waals surface area contributed by atoms with Crippen LogP contribution in [-0.4, -0.2) is 10.9 Å². The van der Waals surface area contributed by atoms with Gasteiger partial charge in [-0.3, -0.25) is 9.78 Å². The summed E-state index contributed by atoms with van der Waals surface area (Å²) in [6, 6.07) is 10.8. The molecule has 0 saturated heterocycles. The second-order valence-electron chi connectivity index (χ2n) is 3.71. The standard InChI is InChI=1S/C13H13N3O/c14-11-3-1-2-10(8-11)9-13(17)16-12-4-6-15-7-5-12/h1-8H,9,14H2,(H,15,16,17). The first-order chi connectivity index (χ1) is 8.24. The number of nitrogens with one attached hydrogen (secondary N) is 1. The van der Waals surface area contributed by atoms with E-state index in [2.05, 4.69) is 10.3 Å². The van der Waals surface area contributed by atoms with Crippen LogP contribution in [-0.2, 0) is 11.2 Å². The number of benzene rings is 1. The minimum atomic E-state index is -0.0678. The van der Waals surface area contributed by atoms with Crippen LogP contribution in [0.5, 0.6) is 0 Å². The Balaban J connectivity index is 1.98. The minimum absolute atomic E-state index is 0.0678. The molecule has 4 nitrogen and oxygen atoms in total. The highest BCUT2D eigenvalue weighted by Crippen LogP contribution is 2.09. The molecule has 0 bridgehead atoms. The van der Waals surface area contributed by atoms with Gasteiger partial charge >= 0.3 is 0 Å². The molecule has 0 aliphatic heterocycles. The summed E-state index contributed by atoms with van der Waals surface area (Å²) < 4.78 is 0. The van der Waals surface area contributed by atoms with Crippen molar-refractivity contribution in [3.63, 3.8) is 0 Å². The third-order valence-electron chi connectivity index (χ3n) is 2.28. The van der Waals surface area contributed by atoms with E-state index in [-0.39, 0.29) is 5.91 Å². The van der Waals surface area contributed by atoms with Gasteiger partial charge in [0.25, 0.3) is 0 Å². The van der Waals surface area contributed by atoms with E-state index in [1.165, 1.54) is 0 Å². The summed E-state index contributed by atoms with van der Waals surface area (Å²) in [7, 11) is 0. The first kappa shape index (κ1) is 11.1. The number of nitrogen functional groups attached to an aromatic ring is 1. The summed E-state index contributed by atoms with van der Waals surface area (Å²) in [4.78, 5) is 15.6.